The fourth-order valence-corrected chi connectivity index (χ4v) is 5.10. The molecule has 2 fully saturated rings. The Kier molecular flexibility index (Phi) is 4.36. The predicted octanol–water partition coefficient (Wildman–Crippen LogP) is 2.08. The van der Waals surface area contributed by atoms with E-state index in [4.69, 9.17) is 4.74 Å². The summed E-state index contributed by atoms with van der Waals surface area (Å²) in [4.78, 5) is 41.3. The highest BCUT2D eigenvalue weighted by molar-refractivity contribution is 7.10. The fourth-order valence-electron chi connectivity index (χ4n) is 4.28. The molecule has 0 saturated carbocycles. The highest BCUT2D eigenvalue weighted by atomic mass is 32.1. The summed E-state index contributed by atoms with van der Waals surface area (Å²) in [5.41, 5.74) is -0.761. The van der Waals surface area contributed by atoms with E-state index in [2.05, 4.69) is 5.32 Å². The topological polar surface area (TPSA) is 75.7 Å². The van der Waals surface area contributed by atoms with Gasteiger partial charge in [0.2, 0.25) is 11.8 Å². The summed E-state index contributed by atoms with van der Waals surface area (Å²) in [6, 6.07) is 12.5. The first-order chi connectivity index (χ1) is 13.0. The van der Waals surface area contributed by atoms with Crippen molar-refractivity contribution in [2.24, 2.45) is 11.8 Å². The highest BCUT2D eigenvalue weighted by Crippen LogP contribution is 2.53. The first kappa shape index (κ1) is 17.9. The molecule has 2 aromatic rings. The van der Waals surface area contributed by atoms with Crippen molar-refractivity contribution in [2.45, 2.75) is 18.5 Å². The van der Waals surface area contributed by atoms with E-state index in [1.165, 1.54) is 18.4 Å². The lowest BCUT2D eigenvalue weighted by atomic mass is 9.75. The molecule has 2 aliphatic rings. The fraction of sp³-hybridized carbons (Fsp3) is 0.350. The molecule has 3 heterocycles. The maximum atomic E-state index is 13.2. The Morgan fingerprint density at radius 1 is 1.19 bits per heavy atom. The molecular weight excluding hydrogens is 364 g/mol. The van der Waals surface area contributed by atoms with Crippen LogP contribution in [0.3, 0.4) is 0 Å². The van der Waals surface area contributed by atoms with Crippen LogP contribution in [0.4, 0.5) is 0 Å². The Morgan fingerprint density at radius 2 is 1.93 bits per heavy atom. The lowest BCUT2D eigenvalue weighted by molar-refractivity contribution is -0.156. The largest absolute Gasteiger partial charge is 0.464 e. The number of esters is 1. The van der Waals surface area contributed by atoms with Gasteiger partial charge in [0.15, 0.2) is 5.54 Å². The maximum absolute atomic E-state index is 13.2. The number of carbonyl (C=O) groups excluding carboxylic acids is 3. The van der Waals surface area contributed by atoms with E-state index in [1.807, 2.05) is 35.7 Å². The van der Waals surface area contributed by atoms with Gasteiger partial charge in [-0.25, -0.2) is 4.79 Å². The first-order valence-corrected chi connectivity index (χ1v) is 9.75. The van der Waals surface area contributed by atoms with Crippen LogP contribution in [0, 0.1) is 11.8 Å². The van der Waals surface area contributed by atoms with Crippen molar-refractivity contribution in [1.29, 1.82) is 0 Å². The van der Waals surface area contributed by atoms with E-state index >= 15 is 0 Å². The molecule has 2 amide bonds. The number of benzene rings is 1. The third-order valence-electron chi connectivity index (χ3n) is 5.46. The second-order valence-electron chi connectivity index (χ2n) is 6.77. The van der Waals surface area contributed by atoms with Gasteiger partial charge in [-0.3, -0.25) is 19.8 Å². The van der Waals surface area contributed by atoms with Crippen molar-refractivity contribution in [1.82, 2.24) is 10.2 Å². The molecule has 1 aromatic heterocycles. The van der Waals surface area contributed by atoms with Gasteiger partial charge >= 0.3 is 5.97 Å². The molecule has 7 heteroatoms. The van der Waals surface area contributed by atoms with Crippen LogP contribution in [0.2, 0.25) is 0 Å². The zero-order valence-corrected chi connectivity index (χ0v) is 15.9. The normalized spacial score (nSPS) is 29.9. The number of likely N-dealkylation sites (tertiary alicyclic amines) is 1. The monoisotopic (exact) mass is 384 g/mol. The molecule has 4 atom stereocenters. The third kappa shape index (κ3) is 2.45. The summed E-state index contributed by atoms with van der Waals surface area (Å²) in [7, 11) is 1.48. The van der Waals surface area contributed by atoms with Crippen LogP contribution < -0.4 is 5.32 Å². The van der Waals surface area contributed by atoms with Gasteiger partial charge in [-0.05, 0) is 23.9 Å². The molecule has 4 rings (SSSR count). The van der Waals surface area contributed by atoms with Crippen LogP contribution in [-0.2, 0) is 24.7 Å². The molecule has 1 N–H and O–H groups in total. The summed E-state index contributed by atoms with van der Waals surface area (Å²) in [5, 5.41) is 5.28. The van der Waals surface area contributed by atoms with E-state index in [1.54, 1.807) is 19.1 Å². The van der Waals surface area contributed by atoms with Gasteiger partial charge < -0.3 is 4.74 Å². The van der Waals surface area contributed by atoms with Gasteiger partial charge in [0.1, 0.15) is 0 Å². The zero-order valence-electron chi connectivity index (χ0n) is 15.0. The summed E-state index contributed by atoms with van der Waals surface area (Å²) < 4.78 is 5.40. The van der Waals surface area contributed by atoms with Crippen LogP contribution in [0.1, 0.15) is 23.4 Å². The molecule has 0 aliphatic carbocycles. The number of nitrogens with one attached hydrogen (secondary N) is 1. The molecule has 0 bridgehead atoms. The molecule has 4 unspecified atom stereocenters. The molecular formula is C20H20N2O4S. The lowest BCUT2D eigenvalue weighted by Gasteiger charge is -2.32. The van der Waals surface area contributed by atoms with Crippen molar-refractivity contribution in [3.8, 4) is 0 Å². The number of imide groups is 1. The number of thiophene rings is 1. The van der Waals surface area contributed by atoms with Crippen LogP contribution in [0.25, 0.3) is 0 Å². The Bertz CT molecular complexity index is 883. The van der Waals surface area contributed by atoms with Gasteiger partial charge in [0, 0.05) is 11.9 Å². The Morgan fingerprint density at radius 3 is 2.56 bits per heavy atom. The van der Waals surface area contributed by atoms with Gasteiger partial charge in [0.05, 0.1) is 24.5 Å². The van der Waals surface area contributed by atoms with E-state index in [0.717, 1.165) is 9.78 Å². The van der Waals surface area contributed by atoms with E-state index < -0.39 is 29.4 Å². The minimum absolute atomic E-state index is 0.189. The smallest absolute Gasteiger partial charge is 0.331 e. The van der Waals surface area contributed by atoms with E-state index in [9.17, 15) is 14.4 Å². The van der Waals surface area contributed by atoms with Crippen molar-refractivity contribution < 1.29 is 19.1 Å². The maximum Gasteiger partial charge on any atom is 0.331 e. The molecule has 1 aromatic carbocycles. The number of fused-ring (bicyclic) bond motifs is 1. The second kappa shape index (κ2) is 6.58. The third-order valence-corrected chi connectivity index (χ3v) is 6.41. The number of carbonyl (C=O) groups is 3. The minimum Gasteiger partial charge on any atom is -0.464 e. The van der Waals surface area contributed by atoms with Gasteiger partial charge in [-0.15, -0.1) is 11.3 Å². The van der Waals surface area contributed by atoms with E-state index in [-0.39, 0.29) is 18.4 Å². The summed E-state index contributed by atoms with van der Waals surface area (Å²) in [6.07, 6.45) is 0. The number of amides is 2. The van der Waals surface area contributed by atoms with Crippen molar-refractivity contribution in [2.75, 3.05) is 13.7 Å². The Hall–Kier alpha value is -2.51. The number of rotatable bonds is 4. The number of hydrogen-bond donors (Lipinski definition) is 1. The number of nitrogens with zero attached hydrogens (tertiary/aromatic N) is 1. The van der Waals surface area contributed by atoms with Gasteiger partial charge in [-0.1, -0.05) is 36.4 Å². The van der Waals surface area contributed by atoms with Crippen LogP contribution >= 0.6 is 11.3 Å². The standard InChI is InChI=1S/C20H20N2O4S/c1-3-26-19(25)20(12-8-5-4-6-9-12)15-14(17(23)22(2)18(15)24)16(21-20)13-10-7-11-27-13/h4-11,14-16,21H,3H2,1-2H3. The second-order valence-corrected chi connectivity index (χ2v) is 7.75. The average Bonchev–Trinajstić information content (AvgIpc) is 3.37. The molecule has 140 valence electrons. The van der Waals surface area contributed by atoms with Crippen LogP contribution in [-0.4, -0.2) is 36.3 Å². The minimum atomic E-state index is -1.39. The molecule has 2 saturated heterocycles. The summed E-state index contributed by atoms with van der Waals surface area (Å²) in [6.45, 7) is 1.92. The average molecular weight is 384 g/mol. The van der Waals surface area contributed by atoms with Crippen LogP contribution in [0.5, 0.6) is 0 Å². The molecule has 27 heavy (non-hydrogen) atoms. The van der Waals surface area contributed by atoms with Crippen molar-refractivity contribution in [3.63, 3.8) is 0 Å². The zero-order chi connectivity index (χ0) is 19.2. The molecule has 2 aliphatic heterocycles. The number of ether oxygens (including phenoxy) is 1. The molecule has 0 radical (unpaired) electrons. The van der Waals surface area contributed by atoms with Gasteiger partial charge in [-0.2, -0.15) is 0 Å². The number of hydrogen-bond acceptors (Lipinski definition) is 6. The lowest BCUT2D eigenvalue weighted by Crippen LogP contribution is -2.53. The molecule has 0 spiro atoms. The van der Waals surface area contributed by atoms with Gasteiger partial charge in [0.25, 0.3) is 0 Å². The predicted molar refractivity (Wildman–Crippen MR) is 99.7 cm³/mol. The summed E-state index contributed by atoms with van der Waals surface area (Å²) >= 11 is 1.50. The van der Waals surface area contributed by atoms with Crippen molar-refractivity contribution >= 4 is 29.1 Å². The Labute approximate surface area is 161 Å². The highest BCUT2D eigenvalue weighted by Gasteiger charge is 2.69. The SMILES string of the molecule is CCOC(=O)C1(c2ccccc2)NC(c2cccs2)C2C(=O)N(C)C(=O)C21. The Balaban J connectivity index is 1.93. The van der Waals surface area contributed by atoms with Crippen LogP contribution in [0.15, 0.2) is 47.8 Å². The summed E-state index contributed by atoms with van der Waals surface area (Å²) in [5.74, 6) is -2.64. The van der Waals surface area contributed by atoms with E-state index in [0.29, 0.717) is 5.56 Å². The first-order valence-electron chi connectivity index (χ1n) is 8.87. The molecule has 6 nitrogen and oxygen atoms in total. The van der Waals surface area contributed by atoms with Crippen molar-refractivity contribution in [3.05, 3.63) is 58.3 Å². The quantitative estimate of drug-likeness (QED) is 0.645.